The average molecular weight is 501 g/mol. The first-order chi connectivity index (χ1) is 16.9. The second-order valence-corrected chi connectivity index (χ2v) is 10.6. The molecule has 186 valence electrons. The number of amides is 1. The van der Waals surface area contributed by atoms with E-state index in [0.717, 1.165) is 53.4 Å². The molecule has 2 aliphatic heterocycles. The third-order valence-corrected chi connectivity index (χ3v) is 7.94. The maximum absolute atomic E-state index is 13.6. The summed E-state index contributed by atoms with van der Waals surface area (Å²) in [5.41, 5.74) is 1.87. The minimum atomic E-state index is -0.261. The van der Waals surface area contributed by atoms with Crippen LogP contribution in [0.4, 0.5) is 18.7 Å². The van der Waals surface area contributed by atoms with E-state index in [4.69, 9.17) is 4.74 Å². The van der Waals surface area contributed by atoms with Gasteiger partial charge < -0.3 is 9.64 Å². The SMILES string of the molecule is C[C@@H]1CN(c2nc3ccc(F)cc3s2)C[C@@H](C)N1C(=O)OC1CCN(Cc2ccc(F)cc2)CC1. The minimum absolute atomic E-state index is 0.0337. The lowest BCUT2D eigenvalue weighted by Gasteiger charge is -2.44. The first-order valence-electron chi connectivity index (χ1n) is 12.1. The molecule has 6 nitrogen and oxygen atoms in total. The zero-order valence-electron chi connectivity index (χ0n) is 20.0. The fourth-order valence-electron chi connectivity index (χ4n) is 5.10. The van der Waals surface area contributed by atoms with Crippen LogP contribution in [-0.2, 0) is 11.3 Å². The molecule has 9 heteroatoms. The second kappa shape index (κ2) is 10.1. The molecule has 2 fully saturated rings. The van der Waals surface area contributed by atoms with Crippen molar-refractivity contribution in [2.24, 2.45) is 0 Å². The number of anilines is 1. The van der Waals surface area contributed by atoms with E-state index in [1.165, 1.54) is 35.6 Å². The number of likely N-dealkylation sites (tertiary alicyclic amines) is 1. The molecule has 1 amide bonds. The van der Waals surface area contributed by atoms with Gasteiger partial charge in [0, 0.05) is 32.7 Å². The zero-order valence-corrected chi connectivity index (χ0v) is 20.8. The summed E-state index contributed by atoms with van der Waals surface area (Å²) in [7, 11) is 0. The van der Waals surface area contributed by atoms with Gasteiger partial charge in [-0.3, -0.25) is 9.80 Å². The van der Waals surface area contributed by atoms with Crippen molar-refractivity contribution in [3.63, 3.8) is 0 Å². The highest BCUT2D eigenvalue weighted by Gasteiger charge is 2.36. The quantitative estimate of drug-likeness (QED) is 0.488. The molecule has 3 heterocycles. The number of ether oxygens (including phenoxy) is 1. The number of benzene rings is 2. The average Bonchev–Trinajstić information content (AvgIpc) is 3.25. The highest BCUT2D eigenvalue weighted by Crippen LogP contribution is 2.32. The van der Waals surface area contributed by atoms with Gasteiger partial charge >= 0.3 is 6.09 Å². The van der Waals surface area contributed by atoms with Crippen LogP contribution in [0.2, 0.25) is 0 Å². The van der Waals surface area contributed by atoms with E-state index in [-0.39, 0.29) is 35.9 Å². The Morgan fingerprint density at radius 2 is 1.69 bits per heavy atom. The molecular weight excluding hydrogens is 470 g/mol. The molecule has 0 unspecified atom stereocenters. The molecule has 0 saturated carbocycles. The van der Waals surface area contributed by atoms with Gasteiger partial charge in [-0.15, -0.1) is 0 Å². The molecule has 35 heavy (non-hydrogen) atoms. The van der Waals surface area contributed by atoms with Crippen LogP contribution in [0.3, 0.4) is 0 Å². The number of carbonyl (C=O) groups excluding carboxylic acids is 1. The molecule has 0 N–H and O–H groups in total. The number of thiazole rings is 1. The van der Waals surface area contributed by atoms with Crippen molar-refractivity contribution in [3.8, 4) is 0 Å². The van der Waals surface area contributed by atoms with Gasteiger partial charge in [-0.1, -0.05) is 23.5 Å². The Kier molecular flexibility index (Phi) is 6.88. The van der Waals surface area contributed by atoms with Crippen LogP contribution in [0.5, 0.6) is 0 Å². The summed E-state index contributed by atoms with van der Waals surface area (Å²) in [6.07, 6.45) is 1.23. The van der Waals surface area contributed by atoms with E-state index in [0.29, 0.717) is 13.1 Å². The van der Waals surface area contributed by atoms with E-state index >= 15 is 0 Å². The number of halogens is 2. The van der Waals surface area contributed by atoms with Crippen molar-refractivity contribution < 1.29 is 18.3 Å². The van der Waals surface area contributed by atoms with Gasteiger partial charge in [0.1, 0.15) is 17.7 Å². The van der Waals surface area contributed by atoms with Gasteiger partial charge in [0.25, 0.3) is 0 Å². The van der Waals surface area contributed by atoms with Crippen LogP contribution in [0.1, 0.15) is 32.3 Å². The van der Waals surface area contributed by atoms with Crippen molar-refractivity contribution in [1.82, 2.24) is 14.8 Å². The number of nitrogens with zero attached hydrogens (tertiary/aromatic N) is 4. The maximum Gasteiger partial charge on any atom is 0.410 e. The third kappa shape index (κ3) is 5.41. The van der Waals surface area contributed by atoms with Crippen LogP contribution in [0.15, 0.2) is 42.5 Å². The molecule has 0 radical (unpaired) electrons. The number of rotatable bonds is 4. The molecule has 5 rings (SSSR count). The molecule has 1 aromatic heterocycles. The van der Waals surface area contributed by atoms with Gasteiger partial charge in [0.2, 0.25) is 0 Å². The summed E-state index contributed by atoms with van der Waals surface area (Å²) in [6, 6.07) is 11.2. The highest BCUT2D eigenvalue weighted by molar-refractivity contribution is 7.22. The highest BCUT2D eigenvalue weighted by atomic mass is 32.1. The van der Waals surface area contributed by atoms with Crippen LogP contribution < -0.4 is 4.90 Å². The van der Waals surface area contributed by atoms with E-state index in [1.807, 2.05) is 30.9 Å². The van der Waals surface area contributed by atoms with Crippen molar-refractivity contribution in [2.75, 3.05) is 31.1 Å². The number of aromatic nitrogens is 1. The Bertz CT molecular complexity index is 1170. The first kappa shape index (κ1) is 23.9. The Hall–Kier alpha value is -2.78. The smallest absolute Gasteiger partial charge is 0.410 e. The van der Waals surface area contributed by atoms with Crippen LogP contribution in [-0.4, -0.2) is 65.2 Å². The van der Waals surface area contributed by atoms with Gasteiger partial charge in [-0.2, -0.15) is 0 Å². The lowest BCUT2D eigenvalue weighted by atomic mass is 10.1. The van der Waals surface area contributed by atoms with Crippen LogP contribution >= 0.6 is 11.3 Å². The summed E-state index contributed by atoms with van der Waals surface area (Å²) >= 11 is 1.48. The molecule has 2 saturated heterocycles. The Morgan fingerprint density at radius 1 is 1.03 bits per heavy atom. The maximum atomic E-state index is 13.6. The van der Waals surface area contributed by atoms with Gasteiger partial charge in [0.15, 0.2) is 5.13 Å². The number of piperidine rings is 1. The largest absolute Gasteiger partial charge is 0.446 e. The number of carbonyl (C=O) groups is 1. The minimum Gasteiger partial charge on any atom is -0.446 e. The zero-order chi connectivity index (χ0) is 24.5. The number of hydrogen-bond donors (Lipinski definition) is 0. The van der Waals surface area contributed by atoms with Gasteiger partial charge in [-0.05, 0) is 62.6 Å². The standard InChI is InChI=1S/C26H30F2N4O2S/c1-17-14-31(25-29-23-8-7-21(28)13-24(23)35-25)15-18(2)32(17)26(33)34-22-9-11-30(12-10-22)16-19-3-5-20(27)6-4-19/h3-8,13,17-18,22H,9-12,14-16H2,1-2H3/t17-,18-/m1/s1. The topological polar surface area (TPSA) is 48.9 Å². The van der Waals surface area contributed by atoms with Crippen molar-refractivity contribution >= 4 is 32.8 Å². The predicted molar refractivity (Wildman–Crippen MR) is 134 cm³/mol. The van der Waals surface area contributed by atoms with E-state index < -0.39 is 0 Å². The summed E-state index contributed by atoms with van der Waals surface area (Å²) in [4.78, 5) is 24.1. The van der Waals surface area contributed by atoms with E-state index in [9.17, 15) is 13.6 Å². The first-order valence-corrected chi connectivity index (χ1v) is 12.9. The molecule has 2 aromatic carbocycles. The lowest BCUT2D eigenvalue weighted by molar-refractivity contribution is 0.0101. The Morgan fingerprint density at radius 3 is 2.37 bits per heavy atom. The fourth-order valence-corrected chi connectivity index (χ4v) is 6.11. The number of piperazine rings is 1. The number of hydrogen-bond acceptors (Lipinski definition) is 6. The summed E-state index contributed by atoms with van der Waals surface area (Å²) < 4.78 is 33.4. The van der Waals surface area contributed by atoms with Crippen LogP contribution in [0.25, 0.3) is 10.2 Å². The summed E-state index contributed by atoms with van der Waals surface area (Å²) in [5.74, 6) is -0.484. The predicted octanol–water partition coefficient (Wildman–Crippen LogP) is 5.27. The Balaban J connectivity index is 1.14. The molecule has 2 aliphatic rings. The molecule has 0 bridgehead atoms. The molecule has 0 spiro atoms. The van der Waals surface area contributed by atoms with Crippen molar-refractivity contribution in [2.45, 2.75) is 51.4 Å². The summed E-state index contributed by atoms with van der Waals surface area (Å²) in [6.45, 7) is 7.81. The third-order valence-electron chi connectivity index (χ3n) is 6.86. The second-order valence-electron chi connectivity index (χ2n) is 9.60. The van der Waals surface area contributed by atoms with Gasteiger partial charge in [-0.25, -0.2) is 18.6 Å². The normalized spacial score (nSPS) is 22.1. The van der Waals surface area contributed by atoms with E-state index in [1.54, 1.807) is 6.07 Å². The van der Waals surface area contributed by atoms with Gasteiger partial charge in [0.05, 0.1) is 22.3 Å². The molecule has 2 atom stereocenters. The van der Waals surface area contributed by atoms with Crippen molar-refractivity contribution in [3.05, 3.63) is 59.7 Å². The fraction of sp³-hybridized carbons (Fsp3) is 0.462. The number of fused-ring (bicyclic) bond motifs is 1. The monoisotopic (exact) mass is 500 g/mol. The van der Waals surface area contributed by atoms with Crippen molar-refractivity contribution in [1.29, 1.82) is 0 Å². The Labute approximate surface area is 208 Å². The molecule has 0 aliphatic carbocycles. The van der Waals surface area contributed by atoms with Crippen LogP contribution in [0, 0.1) is 11.6 Å². The molecule has 3 aromatic rings. The molecular formula is C26H30F2N4O2S. The summed E-state index contributed by atoms with van der Waals surface area (Å²) in [5, 5.41) is 0.853. The lowest BCUT2D eigenvalue weighted by Crippen LogP contribution is -2.59. The van der Waals surface area contributed by atoms with E-state index in [2.05, 4.69) is 14.8 Å².